The summed E-state index contributed by atoms with van der Waals surface area (Å²) in [5.74, 6) is 1.14. The van der Waals surface area contributed by atoms with Gasteiger partial charge in [-0.1, -0.05) is 17.7 Å². The van der Waals surface area contributed by atoms with Crippen molar-refractivity contribution in [3.63, 3.8) is 0 Å². The molecule has 0 aliphatic rings. The molecule has 0 fully saturated rings. The molecule has 2 rings (SSSR count). The Labute approximate surface area is 111 Å². The minimum atomic E-state index is 0.477. The molecule has 0 unspecified atom stereocenters. The van der Waals surface area contributed by atoms with Crippen LogP contribution in [0.1, 0.15) is 12.8 Å². The van der Waals surface area contributed by atoms with Gasteiger partial charge in [0.1, 0.15) is 0 Å². The van der Waals surface area contributed by atoms with Crippen LogP contribution in [0.4, 0.5) is 11.6 Å². The minimum Gasteiger partial charge on any atom is -0.376 e. The Morgan fingerprint density at radius 1 is 1.44 bits per heavy atom. The predicted octanol–water partition coefficient (Wildman–Crippen LogP) is 2.79. The number of hydrogen-bond donors (Lipinski definition) is 1. The zero-order chi connectivity index (χ0) is 13.0. The second kappa shape index (κ2) is 5.73. The number of rotatable bonds is 5. The lowest BCUT2D eigenvalue weighted by molar-refractivity contribution is 0.383. The van der Waals surface area contributed by atoms with E-state index >= 15 is 0 Å². The molecule has 0 aliphatic carbocycles. The maximum atomic E-state index is 5.89. The fraction of sp³-hybridized carbons (Fsp3) is 0.333. The quantitative estimate of drug-likeness (QED) is 0.902. The van der Waals surface area contributed by atoms with Gasteiger partial charge in [0, 0.05) is 24.3 Å². The molecule has 18 heavy (non-hydrogen) atoms. The third kappa shape index (κ3) is 3.13. The smallest absolute Gasteiger partial charge is 0.265 e. The fourth-order valence-electron chi connectivity index (χ4n) is 1.39. The lowest BCUT2D eigenvalue weighted by Gasteiger charge is -2.08. The third-order valence-electron chi connectivity index (χ3n) is 2.54. The van der Waals surface area contributed by atoms with Crippen molar-refractivity contribution in [1.29, 1.82) is 0 Å². The van der Waals surface area contributed by atoms with E-state index < -0.39 is 0 Å². The Hall–Kier alpha value is -1.75. The van der Waals surface area contributed by atoms with Gasteiger partial charge in [-0.15, -0.1) is 0 Å². The number of benzene rings is 1. The first-order valence-corrected chi connectivity index (χ1v) is 6.10. The van der Waals surface area contributed by atoms with E-state index in [9.17, 15) is 0 Å². The Balaban J connectivity index is 1.96. The van der Waals surface area contributed by atoms with E-state index in [4.69, 9.17) is 16.1 Å². The molecule has 1 aromatic carbocycles. The zero-order valence-electron chi connectivity index (χ0n) is 10.4. The number of anilines is 2. The van der Waals surface area contributed by atoms with Crippen LogP contribution >= 0.6 is 11.6 Å². The van der Waals surface area contributed by atoms with Crippen LogP contribution in [-0.4, -0.2) is 23.7 Å². The highest BCUT2D eigenvalue weighted by atomic mass is 35.5. The minimum absolute atomic E-state index is 0.477. The highest BCUT2D eigenvalue weighted by Gasteiger charge is 2.08. The first-order valence-electron chi connectivity index (χ1n) is 5.72. The van der Waals surface area contributed by atoms with Gasteiger partial charge in [-0.2, -0.15) is 4.98 Å². The number of halogens is 1. The van der Waals surface area contributed by atoms with Gasteiger partial charge in [0.25, 0.3) is 5.95 Å². The van der Waals surface area contributed by atoms with Crippen molar-refractivity contribution in [2.75, 3.05) is 23.8 Å². The summed E-state index contributed by atoms with van der Waals surface area (Å²) >= 11 is 5.89. The average Bonchev–Trinajstić information content (AvgIpc) is 2.84. The van der Waals surface area contributed by atoms with E-state index in [-0.39, 0.29) is 0 Å². The van der Waals surface area contributed by atoms with Gasteiger partial charge in [0.05, 0.1) is 6.54 Å². The molecule has 0 amide bonds. The van der Waals surface area contributed by atoms with E-state index in [0.29, 0.717) is 23.4 Å². The van der Waals surface area contributed by atoms with Crippen LogP contribution in [0, 0.1) is 0 Å². The average molecular weight is 267 g/mol. The summed E-state index contributed by atoms with van der Waals surface area (Å²) in [6, 6.07) is 7.49. The van der Waals surface area contributed by atoms with E-state index in [1.807, 2.05) is 43.1 Å². The van der Waals surface area contributed by atoms with Crippen molar-refractivity contribution < 1.29 is 4.52 Å². The monoisotopic (exact) mass is 266 g/mol. The fourth-order valence-corrected chi connectivity index (χ4v) is 1.58. The van der Waals surface area contributed by atoms with Crippen molar-refractivity contribution in [2.24, 2.45) is 0 Å². The van der Waals surface area contributed by atoms with Crippen LogP contribution in [0.25, 0.3) is 0 Å². The number of hydrogen-bond acceptors (Lipinski definition) is 5. The summed E-state index contributed by atoms with van der Waals surface area (Å²) in [4.78, 5) is 6.18. The summed E-state index contributed by atoms with van der Waals surface area (Å²) in [6.07, 6.45) is 0. The van der Waals surface area contributed by atoms with Gasteiger partial charge in [0.15, 0.2) is 0 Å². The Bertz CT molecular complexity index is 514. The first kappa shape index (κ1) is 12.7. The molecular formula is C12H15ClN4O. The summed E-state index contributed by atoms with van der Waals surface area (Å²) in [7, 11) is 1.92. The summed E-state index contributed by atoms with van der Waals surface area (Å²) in [5.41, 5.74) is 0.922. The molecule has 0 atom stereocenters. The molecule has 0 saturated heterocycles. The Morgan fingerprint density at radius 3 is 3.00 bits per heavy atom. The highest BCUT2D eigenvalue weighted by Crippen LogP contribution is 2.16. The van der Waals surface area contributed by atoms with Gasteiger partial charge in [-0.25, -0.2) is 0 Å². The van der Waals surface area contributed by atoms with Gasteiger partial charge >= 0.3 is 0 Å². The van der Waals surface area contributed by atoms with Crippen molar-refractivity contribution in [3.8, 4) is 0 Å². The molecular weight excluding hydrogens is 252 g/mol. The molecule has 1 heterocycles. The molecule has 6 heteroatoms. The van der Waals surface area contributed by atoms with Crippen LogP contribution in [-0.2, 0) is 6.54 Å². The van der Waals surface area contributed by atoms with E-state index in [0.717, 1.165) is 12.2 Å². The number of nitrogens with zero attached hydrogens (tertiary/aromatic N) is 3. The Kier molecular flexibility index (Phi) is 4.04. The maximum absolute atomic E-state index is 5.89. The van der Waals surface area contributed by atoms with Gasteiger partial charge in [0.2, 0.25) is 5.89 Å². The van der Waals surface area contributed by atoms with Crippen LogP contribution in [0.2, 0.25) is 5.02 Å². The third-order valence-corrected chi connectivity index (χ3v) is 2.78. The van der Waals surface area contributed by atoms with Crippen LogP contribution in [0.15, 0.2) is 28.8 Å². The maximum Gasteiger partial charge on any atom is 0.265 e. The van der Waals surface area contributed by atoms with Crippen LogP contribution in [0.5, 0.6) is 0 Å². The van der Waals surface area contributed by atoms with Crippen molar-refractivity contribution in [3.05, 3.63) is 35.2 Å². The molecule has 1 N–H and O–H groups in total. The molecule has 0 saturated carbocycles. The van der Waals surface area contributed by atoms with Gasteiger partial charge < -0.3 is 14.7 Å². The molecule has 0 bridgehead atoms. The zero-order valence-corrected chi connectivity index (χ0v) is 11.1. The molecule has 1 aromatic heterocycles. The lowest BCUT2D eigenvalue weighted by atomic mass is 10.3. The topological polar surface area (TPSA) is 54.2 Å². The van der Waals surface area contributed by atoms with Crippen molar-refractivity contribution in [2.45, 2.75) is 13.5 Å². The normalized spacial score (nSPS) is 10.4. The number of nitrogens with one attached hydrogen (secondary N) is 1. The second-order valence-corrected chi connectivity index (χ2v) is 4.30. The number of aromatic nitrogens is 2. The van der Waals surface area contributed by atoms with Gasteiger partial charge in [-0.05, 0) is 30.3 Å². The first-order chi connectivity index (χ1) is 8.69. The predicted molar refractivity (Wildman–Crippen MR) is 72.0 cm³/mol. The molecule has 5 nitrogen and oxygen atoms in total. The summed E-state index contributed by atoms with van der Waals surface area (Å²) < 4.78 is 5.14. The lowest BCUT2D eigenvalue weighted by Crippen LogP contribution is -2.17. The Morgan fingerprint density at radius 2 is 2.28 bits per heavy atom. The van der Waals surface area contributed by atoms with Crippen LogP contribution < -0.4 is 10.2 Å². The molecule has 2 aromatic rings. The summed E-state index contributed by atoms with van der Waals surface area (Å²) in [5, 5.41) is 7.75. The molecule has 0 aliphatic heterocycles. The molecule has 0 radical (unpaired) electrons. The summed E-state index contributed by atoms with van der Waals surface area (Å²) in [6.45, 7) is 3.34. The van der Waals surface area contributed by atoms with Crippen molar-refractivity contribution >= 4 is 23.2 Å². The highest BCUT2D eigenvalue weighted by molar-refractivity contribution is 6.30. The molecule has 0 spiro atoms. The van der Waals surface area contributed by atoms with E-state index in [1.165, 1.54) is 0 Å². The SMILES string of the molecule is CCN(C)c1noc(CNc2cccc(Cl)c2)n1. The second-order valence-electron chi connectivity index (χ2n) is 3.87. The standard InChI is InChI=1S/C12H15ClN4O/c1-3-17(2)12-15-11(18-16-12)8-14-10-6-4-5-9(13)7-10/h4-7,14H,3,8H2,1-2H3. The van der Waals surface area contributed by atoms with Crippen molar-refractivity contribution in [1.82, 2.24) is 10.1 Å². The van der Waals surface area contributed by atoms with Gasteiger partial charge in [-0.3, -0.25) is 0 Å². The largest absolute Gasteiger partial charge is 0.376 e. The molecule has 96 valence electrons. The van der Waals surface area contributed by atoms with E-state index in [2.05, 4.69) is 15.5 Å². The van der Waals surface area contributed by atoms with E-state index in [1.54, 1.807) is 0 Å². The van der Waals surface area contributed by atoms with Crippen LogP contribution in [0.3, 0.4) is 0 Å².